The predicted molar refractivity (Wildman–Crippen MR) is 74.4 cm³/mol. The SMILES string of the molecule is CCCNC(Cc1cnn(C)c1)c1ccccc1. The van der Waals surface area contributed by atoms with E-state index in [1.165, 1.54) is 11.1 Å². The van der Waals surface area contributed by atoms with Crippen LogP contribution in [0.1, 0.15) is 30.5 Å². The fraction of sp³-hybridized carbons (Fsp3) is 0.400. The van der Waals surface area contributed by atoms with Crippen molar-refractivity contribution in [2.45, 2.75) is 25.8 Å². The normalized spacial score (nSPS) is 12.6. The zero-order chi connectivity index (χ0) is 12.8. The third-order valence-corrected chi connectivity index (χ3v) is 3.04. The third kappa shape index (κ3) is 3.44. The van der Waals surface area contributed by atoms with Gasteiger partial charge in [0, 0.05) is 19.3 Å². The van der Waals surface area contributed by atoms with Gasteiger partial charge in [-0.2, -0.15) is 5.10 Å². The van der Waals surface area contributed by atoms with Crippen LogP contribution in [0.4, 0.5) is 0 Å². The standard InChI is InChI=1S/C15H21N3/c1-3-9-16-15(14-7-5-4-6-8-14)10-13-11-17-18(2)12-13/h4-8,11-12,15-16H,3,9-10H2,1-2H3. The first-order chi connectivity index (χ1) is 8.79. The second kappa shape index (κ2) is 6.36. The van der Waals surface area contributed by atoms with Crippen LogP contribution < -0.4 is 5.32 Å². The van der Waals surface area contributed by atoms with Crippen LogP contribution in [0.3, 0.4) is 0 Å². The van der Waals surface area contributed by atoms with Gasteiger partial charge in [-0.25, -0.2) is 0 Å². The molecule has 3 nitrogen and oxygen atoms in total. The van der Waals surface area contributed by atoms with Crippen molar-refractivity contribution >= 4 is 0 Å². The molecule has 3 heteroatoms. The Morgan fingerprint density at radius 2 is 2.06 bits per heavy atom. The van der Waals surface area contributed by atoms with E-state index in [1.807, 2.05) is 17.9 Å². The van der Waals surface area contributed by atoms with Gasteiger partial charge in [0.2, 0.25) is 0 Å². The summed E-state index contributed by atoms with van der Waals surface area (Å²) in [5.74, 6) is 0. The number of nitrogens with zero attached hydrogens (tertiary/aromatic N) is 2. The lowest BCUT2D eigenvalue weighted by Crippen LogP contribution is -2.23. The van der Waals surface area contributed by atoms with Gasteiger partial charge in [-0.1, -0.05) is 37.3 Å². The quantitative estimate of drug-likeness (QED) is 0.845. The monoisotopic (exact) mass is 243 g/mol. The number of benzene rings is 1. The van der Waals surface area contributed by atoms with Gasteiger partial charge in [0.05, 0.1) is 6.20 Å². The fourth-order valence-corrected chi connectivity index (χ4v) is 2.12. The third-order valence-electron chi connectivity index (χ3n) is 3.04. The first kappa shape index (κ1) is 12.8. The van der Waals surface area contributed by atoms with Crippen molar-refractivity contribution in [3.05, 3.63) is 53.9 Å². The zero-order valence-corrected chi connectivity index (χ0v) is 11.1. The number of hydrogen-bond acceptors (Lipinski definition) is 2. The van der Waals surface area contributed by atoms with E-state index in [0.29, 0.717) is 6.04 Å². The molecule has 2 rings (SSSR count). The van der Waals surface area contributed by atoms with E-state index >= 15 is 0 Å². The van der Waals surface area contributed by atoms with Crippen molar-refractivity contribution in [1.29, 1.82) is 0 Å². The van der Waals surface area contributed by atoms with Crippen molar-refractivity contribution in [2.75, 3.05) is 6.54 Å². The summed E-state index contributed by atoms with van der Waals surface area (Å²) in [6.07, 6.45) is 6.17. The first-order valence-electron chi connectivity index (χ1n) is 6.55. The lowest BCUT2D eigenvalue weighted by Gasteiger charge is -2.18. The summed E-state index contributed by atoms with van der Waals surface area (Å²) >= 11 is 0. The number of hydrogen-bond donors (Lipinski definition) is 1. The Labute approximate surface area is 109 Å². The van der Waals surface area contributed by atoms with E-state index in [-0.39, 0.29) is 0 Å². The molecule has 1 N–H and O–H groups in total. The van der Waals surface area contributed by atoms with E-state index in [0.717, 1.165) is 19.4 Å². The predicted octanol–water partition coefficient (Wildman–Crippen LogP) is 2.70. The molecule has 0 bridgehead atoms. The van der Waals surface area contributed by atoms with Gasteiger partial charge >= 0.3 is 0 Å². The van der Waals surface area contributed by atoms with Crippen LogP contribution in [0.15, 0.2) is 42.7 Å². The summed E-state index contributed by atoms with van der Waals surface area (Å²) in [5, 5.41) is 7.84. The van der Waals surface area contributed by atoms with E-state index in [9.17, 15) is 0 Å². The average molecular weight is 243 g/mol. The van der Waals surface area contributed by atoms with E-state index < -0.39 is 0 Å². The van der Waals surface area contributed by atoms with E-state index in [2.05, 4.69) is 53.9 Å². The summed E-state index contributed by atoms with van der Waals surface area (Å²) in [5.41, 5.74) is 2.62. The molecule has 0 spiro atoms. The lowest BCUT2D eigenvalue weighted by molar-refractivity contribution is 0.529. The molecule has 0 saturated carbocycles. The van der Waals surface area contributed by atoms with Crippen molar-refractivity contribution < 1.29 is 0 Å². The molecular weight excluding hydrogens is 222 g/mol. The number of nitrogens with one attached hydrogen (secondary N) is 1. The Kier molecular flexibility index (Phi) is 4.53. The Morgan fingerprint density at radius 1 is 1.28 bits per heavy atom. The van der Waals surface area contributed by atoms with Crippen molar-refractivity contribution in [1.82, 2.24) is 15.1 Å². The summed E-state index contributed by atoms with van der Waals surface area (Å²) in [6, 6.07) is 11.0. The van der Waals surface area contributed by atoms with Gasteiger partial charge in [-0.05, 0) is 30.5 Å². The minimum atomic E-state index is 0.371. The number of rotatable bonds is 6. The van der Waals surface area contributed by atoms with Gasteiger partial charge < -0.3 is 5.32 Å². The van der Waals surface area contributed by atoms with Crippen LogP contribution in [0.25, 0.3) is 0 Å². The van der Waals surface area contributed by atoms with Crippen molar-refractivity contribution in [3.63, 3.8) is 0 Å². The summed E-state index contributed by atoms with van der Waals surface area (Å²) in [4.78, 5) is 0. The van der Waals surface area contributed by atoms with Crippen LogP contribution in [-0.2, 0) is 13.5 Å². The molecule has 2 aromatic rings. The van der Waals surface area contributed by atoms with Crippen LogP contribution in [0.5, 0.6) is 0 Å². The molecule has 1 aromatic heterocycles. The second-order valence-corrected chi connectivity index (χ2v) is 4.64. The maximum Gasteiger partial charge on any atom is 0.0522 e. The smallest absolute Gasteiger partial charge is 0.0522 e. The maximum atomic E-state index is 4.23. The molecule has 1 unspecified atom stereocenters. The first-order valence-corrected chi connectivity index (χ1v) is 6.55. The van der Waals surface area contributed by atoms with Gasteiger partial charge in [-0.15, -0.1) is 0 Å². The summed E-state index contributed by atoms with van der Waals surface area (Å²) in [7, 11) is 1.96. The molecule has 0 aliphatic rings. The molecule has 96 valence electrons. The second-order valence-electron chi connectivity index (χ2n) is 4.64. The van der Waals surface area contributed by atoms with Crippen molar-refractivity contribution in [3.8, 4) is 0 Å². The average Bonchev–Trinajstić information content (AvgIpc) is 2.81. The Bertz CT molecular complexity index is 462. The number of aryl methyl sites for hydroxylation is 1. The molecule has 0 amide bonds. The number of aromatic nitrogens is 2. The van der Waals surface area contributed by atoms with Crippen molar-refractivity contribution in [2.24, 2.45) is 7.05 Å². The molecule has 0 radical (unpaired) electrons. The molecule has 1 heterocycles. The molecule has 0 aliphatic heterocycles. The summed E-state index contributed by atoms with van der Waals surface area (Å²) < 4.78 is 1.86. The minimum Gasteiger partial charge on any atom is -0.310 e. The summed E-state index contributed by atoms with van der Waals surface area (Å²) in [6.45, 7) is 3.24. The largest absolute Gasteiger partial charge is 0.310 e. The zero-order valence-electron chi connectivity index (χ0n) is 11.1. The highest BCUT2D eigenvalue weighted by atomic mass is 15.2. The van der Waals surface area contributed by atoms with Gasteiger partial charge in [0.15, 0.2) is 0 Å². The van der Waals surface area contributed by atoms with E-state index in [1.54, 1.807) is 0 Å². The highest BCUT2D eigenvalue weighted by Gasteiger charge is 2.11. The molecule has 0 aliphatic carbocycles. The molecule has 1 aromatic carbocycles. The van der Waals surface area contributed by atoms with Crippen LogP contribution >= 0.6 is 0 Å². The highest BCUT2D eigenvalue weighted by molar-refractivity contribution is 5.21. The van der Waals surface area contributed by atoms with Crippen LogP contribution in [0, 0.1) is 0 Å². The maximum absolute atomic E-state index is 4.23. The Hall–Kier alpha value is -1.61. The molecular formula is C15H21N3. The highest BCUT2D eigenvalue weighted by Crippen LogP contribution is 2.17. The van der Waals surface area contributed by atoms with Crippen LogP contribution in [0.2, 0.25) is 0 Å². The molecule has 18 heavy (non-hydrogen) atoms. The molecule has 0 saturated heterocycles. The minimum absolute atomic E-state index is 0.371. The Balaban J connectivity index is 2.10. The van der Waals surface area contributed by atoms with Gasteiger partial charge in [0.25, 0.3) is 0 Å². The topological polar surface area (TPSA) is 29.9 Å². The Morgan fingerprint density at radius 3 is 2.67 bits per heavy atom. The molecule has 0 fully saturated rings. The fourth-order valence-electron chi connectivity index (χ4n) is 2.12. The van der Waals surface area contributed by atoms with E-state index in [4.69, 9.17) is 0 Å². The lowest BCUT2D eigenvalue weighted by atomic mass is 10.0. The van der Waals surface area contributed by atoms with Gasteiger partial charge in [0.1, 0.15) is 0 Å². The molecule has 1 atom stereocenters. The van der Waals surface area contributed by atoms with Gasteiger partial charge in [-0.3, -0.25) is 4.68 Å². The van der Waals surface area contributed by atoms with Crippen LogP contribution in [-0.4, -0.2) is 16.3 Å².